The molecule has 0 aliphatic carbocycles. The van der Waals surface area contributed by atoms with Gasteiger partial charge in [0.2, 0.25) is 5.91 Å². The Bertz CT molecular complexity index is 952. The van der Waals surface area contributed by atoms with E-state index in [1.54, 1.807) is 0 Å². The van der Waals surface area contributed by atoms with E-state index >= 15 is 0 Å². The van der Waals surface area contributed by atoms with Gasteiger partial charge in [0.25, 0.3) is 0 Å². The second kappa shape index (κ2) is 10.5. The lowest BCUT2D eigenvalue weighted by molar-refractivity contribution is -0.121. The minimum atomic E-state index is -0.129. The molecule has 1 amide bonds. The molecule has 0 aromatic heterocycles. The van der Waals surface area contributed by atoms with E-state index in [-0.39, 0.29) is 11.9 Å². The fourth-order valence-electron chi connectivity index (χ4n) is 3.34. The number of hydrogen-bond donors (Lipinski definition) is 1. The van der Waals surface area contributed by atoms with Crippen LogP contribution in [0, 0.1) is 0 Å². The third-order valence-corrected chi connectivity index (χ3v) is 4.87. The summed E-state index contributed by atoms with van der Waals surface area (Å²) in [5.41, 5.74) is 4.28. The van der Waals surface area contributed by atoms with Gasteiger partial charge in [-0.1, -0.05) is 60.7 Å². The number of rotatable bonds is 9. The predicted molar refractivity (Wildman–Crippen MR) is 121 cm³/mol. The molecule has 0 spiro atoms. The maximum absolute atomic E-state index is 12.6. The summed E-state index contributed by atoms with van der Waals surface area (Å²) >= 11 is 0. The first-order valence-corrected chi connectivity index (χ1v) is 10.4. The average Bonchev–Trinajstić information content (AvgIpc) is 2.76. The van der Waals surface area contributed by atoms with E-state index < -0.39 is 0 Å². The third kappa shape index (κ3) is 5.63. The molecule has 0 fully saturated rings. The zero-order valence-electron chi connectivity index (χ0n) is 17.9. The molecule has 3 aromatic rings. The molecular weight excluding hydrogens is 374 g/mol. The van der Waals surface area contributed by atoms with Gasteiger partial charge in [0.15, 0.2) is 11.5 Å². The average molecular weight is 404 g/mol. The van der Waals surface area contributed by atoms with Crippen LogP contribution in [0.4, 0.5) is 0 Å². The van der Waals surface area contributed by atoms with Crippen molar-refractivity contribution >= 4 is 5.91 Å². The number of benzene rings is 3. The summed E-state index contributed by atoms with van der Waals surface area (Å²) in [6.45, 7) is 7.00. The SMILES string of the molecule is CCOc1ccc([C@@H](C)NC(=O)Cc2ccc(-c3ccccc3)cc2)cc1OCC. The van der Waals surface area contributed by atoms with Crippen molar-refractivity contribution in [2.45, 2.75) is 33.2 Å². The molecule has 156 valence electrons. The van der Waals surface area contributed by atoms with Crippen LogP contribution >= 0.6 is 0 Å². The normalized spacial score (nSPS) is 11.6. The molecule has 1 N–H and O–H groups in total. The van der Waals surface area contributed by atoms with Crippen LogP contribution in [0.1, 0.15) is 37.9 Å². The Morgan fingerprint density at radius 1 is 0.833 bits per heavy atom. The molecule has 1 atom stereocenters. The molecule has 0 unspecified atom stereocenters. The molecule has 0 aliphatic heterocycles. The van der Waals surface area contributed by atoms with Gasteiger partial charge >= 0.3 is 0 Å². The summed E-state index contributed by atoms with van der Waals surface area (Å²) in [5, 5.41) is 3.08. The Labute approximate surface area is 178 Å². The van der Waals surface area contributed by atoms with Crippen molar-refractivity contribution in [3.63, 3.8) is 0 Å². The van der Waals surface area contributed by atoms with Gasteiger partial charge in [-0.3, -0.25) is 4.79 Å². The zero-order chi connectivity index (χ0) is 21.3. The quantitative estimate of drug-likeness (QED) is 0.508. The van der Waals surface area contributed by atoms with Crippen LogP contribution in [0.15, 0.2) is 72.8 Å². The Hall–Kier alpha value is -3.27. The first-order valence-electron chi connectivity index (χ1n) is 10.4. The summed E-state index contributed by atoms with van der Waals surface area (Å²) in [6, 6.07) is 24.0. The van der Waals surface area contributed by atoms with E-state index in [1.807, 2.05) is 69.3 Å². The summed E-state index contributed by atoms with van der Waals surface area (Å²) in [7, 11) is 0. The first-order chi connectivity index (χ1) is 14.6. The fourth-order valence-corrected chi connectivity index (χ4v) is 3.34. The van der Waals surface area contributed by atoms with Crippen LogP contribution in [0.2, 0.25) is 0 Å². The molecule has 0 saturated heterocycles. The monoisotopic (exact) mass is 403 g/mol. The van der Waals surface area contributed by atoms with Crippen molar-refractivity contribution in [1.82, 2.24) is 5.32 Å². The van der Waals surface area contributed by atoms with Gasteiger partial charge < -0.3 is 14.8 Å². The molecule has 0 radical (unpaired) electrons. The molecule has 3 aromatic carbocycles. The molecule has 4 nitrogen and oxygen atoms in total. The number of amides is 1. The lowest BCUT2D eigenvalue weighted by Crippen LogP contribution is -2.28. The van der Waals surface area contributed by atoms with Crippen molar-refractivity contribution in [2.24, 2.45) is 0 Å². The van der Waals surface area contributed by atoms with Crippen LogP contribution in [0.5, 0.6) is 11.5 Å². The van der Waals surface area contributed by atoms with Crippen LogP contribution in [0.3, 0.4) is 0 Å². The lowest BCUT2D eigenvalue weighted by Gasteiger charge is -2.17. The van der Waals surface area contributed by atoms with E-state index in [9.17, 15) is 4.79 Å². The van der Waals surface area contributed by atoms with E-state index in [0.717, 1.165) is 22.4 Å². The predicted octanol–water partition coefficient (Wildman–Crippen LogP) is 5.57. The molecular formula is C26H29NO3. The Balaban J connectivity index is 1.62. The maximum atomic E-state index is 12.6. The number of hydrogen-bond acceptors (Lipinski definition) is 3. The van der Waals surface area contributed by atoms with Crippen LogP contribution in [-0.4, -0.2) is 19.1 Å². The molecule has 0 bridgehead atoms. The van der Waals surface area contributed by atoms with Crippen LogP contribution in [0.25, 0.3) is 11.1 Å². The fraction of sp³-hybridized carbons (Fsp3) is 0.269. The first kappa shape index (κ1) is 21.4. The van der Waals surface area contributed by atoms with Gasteiger partial charge in [0.1, 0.15) is 0 Å². The summed E-state index contributed by atoms with van der Waals surface area (Å²) in [5.74, 6) is 1.41. The largest absolute Gasteiger partial charge is 0.490 e. The van der Waals surface area contributed by atoms with Crippen LogP contribution < -0.4 is 14.8 Å². The van der Waals surface area contributed by atoms with Crippen LogP contribution in [-0.2, 0) is 11.2 Å². The summed E-state index contributed by atoms with van der Waals surface area (Å²) < 4.78 is 11.3. The Morgan fingerprint density at radius 2 is 1.47 bits per heavy atom. The van der Waals surface area contributed by atoms with E-state index in [2.05, 4.69) is 29.6 Å². The topological polar surface area (TPSA) is 47.6 Å². The van der Waals surface area contributed by atoms with Gasteiger partial charge in [-0.2, -0.15) is 0 Å². The minimum absolute atomic E-state index is 0.0122. The lowest BCUT2D eigenvalue weighted by atomic mass is 10.0. The number of carbonyl (C=O) groups excluding carboxylic acids is 1. The Kier molecular flexibility index (Phi) is 7.50. The van der Waals surface area contributed by atoms with Crippen molar-refractivity contribution < 1.29 is 14.3 Å². The second-order valence-electron chi connectivity index (χ2n) is 7.10. The zero-order valence-corrected chi connectivity index (χ0v) is 17.9. The number of nitrogens with one attached hydrogen (secondary N) is 1. The van der Waals surface area contributed by atoms with Crippen molar-refractivity contribution in [1.29, 1.82) is 0 Å². The van der Waals surface area contributed by atoms with E-state index in [0.29, 0.717) is 25.4 Å². The Morgan fingerprint density at radius 3 is 2.13 bits per heavy atom. The van der Waals surface area contributed by atoms with Gasteiger partial charge in [-0.25, -0.2) is 0 Å². The molecule has 4 heteroatoms. The van der Waals surface area contributed by atoms with Crippen molar-refractivity contribution in [2.75, 3.05) is 13.2 Å². The highest BCUT2D eigenvalue weighted by Gasteiger charge is 2.14. The molecule has 0 aliphatic rings. The molecule has 3 rings (SSSR count). The van der Waals surface area contributed by atoms with Crippen molar-refractivity contribution in [3.8, 4) is 22.6 Å². The van der Waals surface area contributed by atoms with Gasteiger partial charge in [0.05, 0.1) is 25.7 Å². The standard InChI is InChI=1S/C26H29NO3/c1-4-29-24-16-15-23(18-25(24)30-5-2)19(3)27-26(28)17-20-11-13-22(14-12-20)21-9-7-6-8-10-21/h6-16,18-19H,4-5,17H2,1-3H3,(H,27,28)/t19-/m1/s1. The van der Waals surface area contributed by atoms with E-state index in [4.69, 9.17) is 9.47 Å². The molecule has 0 saturated carbocycles. The highest BCUT2D eigenvalue weighted by molar-refractivity contribution is 5.79. The van der Waals surface area contributed by atoms with Gasteiger partial charge in [-0.15, -0.1) is 0 Å². The summed E-state index contributed by atoms with van der Waals surface area (Å²) in [4.78, 5) is 12.6. The second-order valence-corrected chi connectivity index (χ2v) is 7.10. The highest BCUT2D eigenvalue weighted by atomic mass is 16.5. The smallest absolute Gasteiger partial charge is 0.224 e. The molecule has 30 heavy (non-hydrogen) atoms. The summed E-state index contributed by atoms with van der Waals surface area (Å²) in [6.07, 6.45) is 0.342. The highest BCUT2D eigenvalue weighted by Crippen LogP contribution is 2.30. The molecule has 0 heterocycles. The number of ether oxygens (including phenoxy) is 2. The third-order valence-electron chi connectivity index (χ3n) is 4.87. The van der Waals surface area contributed by atoms with Gasteiger partial charge in [-0.05, 0) is 55.2 Å². The maximum Gasteiger partial charge on any atom is 0.224 e. The minimum Gasteiger partial charge on any atom is -0.490 e. The van der Waals surface area contributed by atoms with E-state index in [1.165, 1.54) is 5.56 Å². The van der Waals surface area contributed by atoms with Crippen molar-refractivity contribution in [3.05, 3.63) is 83.9 Å². The van der Waals surface area contributed by atoms with Gasteiger partial charge in [0, 0.05) is 0 Å². The number of carbonyl (C=O) groups is 1.